The average molecular weight is 417 g/mol. The Kier molecular flexibility index (Phi) is 7.85. The molecule has 0 aromatic heterocycles. The van der Waals surface area contributed by atoms with Crippen LogP contribution >= 0.6 is 0 Å². The molecule has 0 bridgehead atoms. The van der Waals surface area contributed by atoms with Crippen molar-refractivity contribution in [3.05, 3.63) is 64.7 Å². The van der Waals surface area contributed by atoms with E-state index >= 15 is 0 Å². The van der Waals surface area contributed by atoms with E-state index in [2.05, 4.69) is 5.32 Å². The zero-order valence-electron chi connectivity index (χ0n) is 18.0. The van der Waals surface area contributed by atoms with Gasteiger partial charge in [0, 0.05) is 13.0 Å². The van der Waals surface area contributed by atoms with E-state index in [9.17, 15) is 13.2 Å². The number of benzene rings is 2. The maximum atomic E-state index is 12.4. The second-order valence-electron chi connectivity index (χ2n) is 7.72. The van der Waals surface area contributed by atoms with Crippen LogP contribution in [0.4, 0.5) is 5.69 Å². The monoisotopic (exact) mass is 416 g/mol. The number of nitrogens with zero attached hydrogens (tertiary/aromatic N) is 1. The highest BCUT2D eigenvalue weighted by Gasteiger charge is 2.19. The van der Waals surface area contributed by atoms with Crippen molar-refractivity contribution in [2.45, 2.75) is 53.0 Å². The lowest BCUT2D eigenvalue weighted by Gasteiger charge is -2.23. The topological polar surface area (TPSA) is 66.5 Å². The predicted molar refractivity (Wildman–Crippen MR) is 120 cm³/mol. The van der Waals surface area contributed by atoms with E-state index in [4.69, 9.17) is 0 Å². The van der Waals surface area contributed by atoms with Crippen molar-refractivity contribution >= 4 is 21.6 Å². The summed E-state index contributed by atoms with van der Waals surface area (Å²) in [4.78, 5) is 12.4. The Morgan fingerprint density at radius 1 is 1.00 bits per heavy atom. The third kappa shape index (κ3) is 6.89. The van der Waals surface area contributed by atoms with Crippen molar-refractivity contribution in [1.82, 2.24) is 5.32 Å². The molecule has 0 aliphatic heterocycles. The second-order valence-corrected chi connectivity index (χ2v) is 9.63. The number of rotatable bonds is 9. The first-order chi connectivity index (χ1) is 13.6. The molecule has 1 amide bonds. The number of aryl methyl sites for hydroxylation is 3. The Morgan fingerprint density at radius 2 is 1.59 bits per heavy atom. The van der Waals surface area contributed by atoms with E-state index in [1.165, 1.54) is 16.1 Å². The van der Waals surface area contributed by atoms with Crippen LogP contribution in [0.25, 0.3) is 0 Å². The van der Waals surface area contributed by atoms with Gasteiger partial charge in [0.2, 0.25) is 15.9 Å². The quantitative estimate of drug-likeness (QED) is 0.658. The van der Waals surface area contributed by atoms with E-state index < -0.39 is 10.0 Å². The summed E-state index contributed by atoms with van der Waals surface area (Å²) in [6, 6.07) is 13.8. The highest BCUT2D eigenvalue weighted by Crippen LogP contribution is 2.22. The fraction of sp³-hybridized carbons (Fsp3) is 0.435. The van der Waals surface area contributed by atoms with Crippen molar-refractivity contribution < 1.29 is 13.2 Å². The zero-order chi connectivity index (χ0) is 21.6. The van der Waals surface area contributed by atoms with Gasteiger partial charge >= 0.3 is 0 Å². The summed E-state index contributed by atoms with van der Waals surface area (Å²) in [5, 5.41) is 3.07. The molecule has 0 aliphatic rings. The van der Waals surface area contributed by atoms with Gasteiger partial charge in [-0.2, -0.15) is 0 Å². The van der Waals surface area contributed by atoms with Gasteiger partial charge in [0.25, 0.3) is 0 Å². The molecule has 6 heteroatoms. The molecular formula is C23H32N2O3S. The lowest BCUT2D eigenvalue weighted by Crippen LogP contribution is -2.33. The molecule has 0 radical (unpaired) electrons. The highest BCUT2D eigenvalue weighted by atomic mass is 32.2. The lowest BCUT2D eigenvalue weighted by atomic mass is 10.0. The summed E-state index contributed by atoms with van der Waals surface area (Å²) >= 11 is 0. The standard InChI is InChI=1S/C23H32N2O3S/c1-6-22(20-11-9-17(2)10-12-20)24-23(26)8-7-13-25(29(5,27)28)21-15-18(3)14-19(4)16-21/h9-12,14-16,22H,6-8,13H2,1-5H3,(H,24,26)/t22-/m0/s1. The number of carbonyl (C=O) groups is 1. The van der Waals surface area contributed by atoms with Gasteiger partial charge in [-0.15, -0.1) is 0 Å². The fourth-order valence-electron chi connectivity index (χ4n) is 3.45. The van der Waals surface area contributed by atoms with Gasteiger partial charge < -0.3 is 5.32 Å². The van der Waals surface area contributed by atoms with Gasteiger partial charge in [-0.1, -0.05) is 42.8 Å². The van der Waals surface area contributed by atoms with Crippen LogP contribution in [0.1, 0.15) is 54.5 Å². The van der Waals surface area contributed by atoms with Crippen LogP contribution in [0.5, 0.6) is 0 Å². The van der Waals surface area contributed by atoms with Crippen LogP contribution in [0, 0.1) is 20.8 Å². The van der Waals surface area contributed by atoms with Crippen LogP contribution < -0.4 is 9.62 Å². The van der Waals surface area contributed by atoms with Crippen molar-refractivity contribution in [2.75, 3.05) is 17.1 Å². The summed E-state index contributed by atoms with van der Waals surface area (Å²) in [5.41, 5.74) is 4.93. The molecule has 0 aliphatic carbocycles. The molecule has 29 heavy (non-hydrogen) atoms. The van der Waals surface area contributed by atoms with E-state index in [0.29, 0.717) is 12.1 Å². The molecule has 0 saturated carbocycles. The maximum absolute atomic E-state index is 12.4. The molecule has 158 valence electrons. The number of carbonyl (C=O) groups excluding carboxylic acids is 1. The first-order valence-corrected chi connectivity index (χ1v) is 11.9. The smallest absolute Gasteiger partial charge is 0.232 e. The minimum Gasteiger partial charge on any atom is -0.349 e. The highest BCUT2D eigenvalue weighted by molar-refractivity contribution is 7.92. The van der Waals surface area contributed by atoms with E-state index in [0.717, 1.165) is 23.1 Å². The number of hydrogen-bond donors (Lipinski definition) is 1. The summed E-state index contributed by atoms with van der Waals surface area (Å²) < 4.78 is 26.0. The molecular weight excluding hydrogens is 384 g/mol. The Balaban J connectivity index is 1.99. The number of sulfonamides is 1. The maximum Gasteiger partial charge on any atom is 0.232 e. The fourth-order valence-corrected chi connectivity index (χ4v) is 4.40. The van der Waals surface area contributed by atoms with Crippen LogP contribution in [-0.2, 0) is 14.8 Å². The molecule has 0 unspecified atom stereocenters. The lowest BCUT2D eigenvalue weighted by molar-refractivity contribution is -0.121. The molecule has 5 nitrogen and oxygen atoms in total. The van der Waals surface area contributed by atoms with Crippen molar-refractivity contribution in [2.24, 2.45) is 0 Å². The van der Waals surface area contributed by atoms with Crippen LogP contribution in [0.15, 0.2) is 42.5 Å². The SMILES string of the molecule is CC[C@H](NC(=O)CCCN(c1cc(C)cc(C)c1)S(C)(=O)=O)c1ccc(C)cc1. The molecule has 0 heterocycles. The van der Waals surface area contributed by atoms with Gasteiger partial charge in [0.05, 0.1) is 18.0 Å². The zero-order valence-corrected chi connectivity index (χ0v) is 18.8. The third-order valence-electron chi connectivity index (χ3n) is 4.88. The van der Waals surface area contributed by atoms with Crippen LogP contribution in [0.2, 0.25) is 0 Å². The predicted octanol–water partition coefficient (Wildman–Crippen LogP) is 4.43. The number of amides is 1. The molecule has 2 aromatic rings. The first kappa shape index (κ1) is 22.9. The third-order valence-corrected chi connectivity index (χ3v) is 6.08. The van der Waals surface area contributed by atoms with Crippen molar-refractivity contribution in [1.29, 1.82) is 0 Å². The van der Waals surface area contributed by atoms with Gasteiger partial charge in [-0.3, -0.25) is 9.10 Å². The van der Waals surface area contributed by atoms with Crippen LogP contribution in [0.3, 0.4) is 0 Å². The molecule has 2 aromatic carbocycles. The molecule has 1 atom stereocenters. The van der Waals surface area contributed by atoms with Crippen molar-refractivity contribution in [3.8, 4) is 0 Å². The largest absolute Gasteiger partial charge is 0.349 e. The number of hydrogen-bond acceptors (Lipinski definition) is 3. The van der Waals surface area contributed by atoms with Gasteiger partial charge in [0.15, 0.2) is 0 Å². The normalized spacial score (nSPS) is 12.4. The molecule has 0 spiro atoms. The van der Waals surface area contributed by atoms with Gasteiger partial charge in [-0.25, -0.2) is 8.42 Å². The summed E-state index contributed by atoms with van der Waals surface area (Å²) in [6.07, 6.45) is 2.73. The van der Waals surface area contributed by atoms with Gasteiger partial charge in [0.1, 0.15) is 0 Å². The molecule has 1 N–H and O–H groups in total. The molecule has 0 saturated heterocycles. The Hall–Kier alpha value is -2.34. The second kappa shape index (κ2) is 9.92. The summed E-state index contributed by atoms with van der Waals surface area (Å²) in [7, 11) is -3.42. The summed E-state index contributed by atoms with van der Waals surface area (Å²) in [6.45, 7) is 8.24. The van der Waals surface area contributed by atoms with E-state index in [-0.39, 0.29) is 24.9 Å². The Bertz CT molecular complexity index is 917. The van der Waals surface area contributed by atoms with E-state index in [1.54, 1.807) is 0 Å². The van der Waals surface area contributed by atoms with E-state index in [1.807, 2.05) is 70.2 Å². The molecule has 2 rings (SSSR count). The van der Waals surface area contributed by atoms with Crippen LogP contribution in [-0.4, -0.2) is 27.1 Å². The molecule has 0 fully saturated rings. The average Bonchev–Trinajstić information content (AvgIpc) is 2.62. The Morgan fingerprint density at radius 3 is 2.10 bits per heavy atom. The van der Waals surface area contributed by atoms with Crippen molar-refractivity contribution in [3.63, 3.8) is 0 Å². The number of nitrogens with one attached hydrogen (secondary N) is 1. The van der Waals surface area contributed by atoms with Gasteiger partial charge in [-0.05, 0) is 62.4 Å². The number of anilines is 1. The minimum absolute atomic E-state index is 0.0338. The minimum atomic E-state index is -3.42. The summed E-state index contributed by atoms with van der Waals surface area (Å²) in [5.74, 6) is -0.0636. The Labute approximate surface area is 175 Å². The first-order valence-electron chi connectivity index (χ1n) is 10.0.